The Kier molecular flexibility index (Phi) is 6.50. The molecule has 0 aliphatic carbocycles. The minimum Gasteiger partial charge on any atom is -0.393 e. The Hall–Kier alpha value is -1.42. The van der Waals surface area contributed by atoms with E-state index < -0.39 is 0 Å². The lowest BCUT2D eigenvalue weighted by atomic mass is 10.1. The smallest absolute Gasteiger partial charge is 0.227 e. The fourth-order valence-electron chi connectivity index (χ4n) is 1.89. The molecule has 1 amide bonds. The van der Waals surface area contributed by atoms with E-state index in [4.69, 9.17) is 18.0 Å². The summed E-state index contributed by atoms with van der Waals surface area (Å²) in [5.74, 6) is 0.571. The summed E-state index contributed by atoms with van der Waals surface area (Å²) in [5, 5.41) is 0. The van der Waals surface area contributed by atoms with Crippen molar-refractivity contribution in [1.29, 1.82) is 0 Å². The van der Waals surface area contributed by atoms with Crippen LogP contribution in [0.1, 0.15) is 25.8 Å². The average molecular weight is 278 g/mol. The van der Waals surface area contributed by atoms with Crippen molar-refractivity contribution >= 4 is 23.1 Å². The van der Waals surface area contributed by atoms with Gasteiger partial charge in [-0.1, -0.05) is 56.4 Å². The third-order valence-electron chi connectivity index (χ3n) is 2.76. The molecule has 0 saturated heterocycles. The predicted molar refractivity (Wildman–Crippen MR) is 83.0 cm³/mol. The SMILES string of the molecule is CC(C)CN(CCC(N)=S)C(=O)Cc1ccccc1. The first-order chi connectivity index (χ1) is 8.99. The summed E-state index contributed by atoms with van der Waals surface area (Å²) < 4.78 is 0. The molecular weight excluding hydrogens is 256 g/mol. The molecule has 0 aliphatic rings. The Bertz CT molecular complexity index is 417. The number of nitrogens with two attached hydrogens (primary N) is 1. The van der Waals surface area contributed by atoms with Gasteiger partial charge >= 0.3 is 0 Å². The first-order valence-corrected chi connectivity index (χ1v) is 7.00. The summed E-state index contributed by atoms with van der Waals surface area (Å²) in [6, 6.07) is 9.79. The van der Waals surface area contributed by atoms with E-state index in [9.17, 15) is 4.79 Å². The van der Waals surface area contributed by atoms with Crippen LogP contribution in [0, 0.1) is 5.92 Å². The fourth-order valence-corrected chi connectivity index (χ4v) is 1.98. The molecule has 0 spiro atoms. The van der Waals surface area contributed by atoms with E-state index >= 15 is 0 Å². The summed E-state index contributed by atoms with van der Waals surface area (Å²) in [6.07, 6.45) is 1.02. The maximum Gasteiger partial charge on any atom is 0.227 e. The van der Waals surface area contributed by atoms with Crippen LogP contribution in [0.3, 0.4) is 0 Å². The lowest BCUT2D eigenvalue weighted by molar-refractivity contribution is -0.130. The van der Waals surface area contributed by atoms with Crippen molar-refractivity contribution in [3.63, 3.8) is 0 Å². The molecule has 0 bridgehead atoms. The van der Waals surface area contributed by atoms with Gasteiger partial charge in [0.2, 0.25) is 5.91 Å². The first kappa shape index (κ1) is 15.6. The Morgan fingerprint density at radius 2 is 1.95 bits per heavy atom. The molecule has 0 radical (unpaired) electrons. The zero-order valence-electron chi connectivity index (χ0n) is 11.6. The molecule has 4 heteroatoms. The molecule has 1 aromatic rings. The lowest BCUT2D eigenvalue weighted by Crippen LogP contribution is -2.37. The van der Waals surface area contributed by atoms with Crippen LogP contribution < -0.4 is 5.73 Å². The third kappa shape index (κ3) is 6.34. The minimum absolute atomic E-state index is 0.135. The van der Waals surface area contributed by atoms with Crippen LogP contribution in [0.25, 0.3) is 0 Å². The Morgan fingerprint density at radius 1 is 1.32 bits per heavy atom. The number of benzene rings is 1. The Labute approximate surface area is 120 Å². The molecule has 1 rings (SSSR count). The van der Waals surface area contributed by atoms with Crippen LogP contribution >= 0.6 is 12.2 Å². The molecule has 2 N–H and O–H groups in total. The number of carbonyl (C=O) groups is 1. The van der Waals surface area contributed by atoms with Crippen molar-refractivity contribution < 1.29 is 4.79 Å². The highest BCUT2D eigenvalue weighted by Gasteiger charge is 2.15. The number of carbonyl (C=O) groups excluding carboxylic acids is 1. The van der Waals surface area contributed by atoms with Gasteiger partial charge < -0.3 is 10.6 Å². The van der Waals surface area contributed by atoms with Gasteiger partial charge in [-0.15, -0.1) is 0 Å². The summed E-state index contributed by atoms with van der Waals surface area (Å²) in [6.45, 7) is 5.56. The predicted octanol–water partition coefficient (Wildman–Crippen LogP) is 2.39. The van der Waals surface area contributed by atoms with Crippen LogP contribution in [-0.2, 0) is 11.2 Å². The van der Waals surface area contributed by atoms with Gasteiger partial charge in [-0.2, -0.15) is 0 Å². The van der Waals surface area contributed by atoms with Crippen molar-refractivity contribution in [2.24, 2.45) is 11.7 Å². The van der Waals surface area contributed by atoms with E-state index in [1.807, 2.05) is 35.2 Å². The van der Waals surface area contributed by atoms with Gasteiger partial charge in [-0.3, -0.25) is 4.79 Å². The highest BCUT2D eigenvalue weighted by atomic mass is 32.1. The maximum atomic E-state index is 12.3. The van der Waals surface area contributed by atoms with E-state index in [-0.39, 0.29) is 5.91 Å². The van der Waals surface area contributed by atoms with Crippen LogP contribution in [0.15, 0.2) is 30.3 Å². The Balaban J connectivity index is 2.62. The molecule has 1 aromatic carbocycles. The molecule has 104 valence electrons. The summed E-state index contributed by atoms with van der Waals surface area (Å²) in [5.41, 5.74) is 6.56. The van der Waals surface area contributed by atoms with Crippen LogP contribution in [-0.4, -0.2) is 28.9 Å². The zero-order chi connectivity index (χ0) is 14.3. The van der Waals surface area contributed by atoms with Crippen molar-refractivity contribution in [1.82, 2.24) is 4.90 Å². The second-order valence-electron chi connectivity index (χ2n) is 5.11. The van der Waals surface area contributed by atoms with Crippen LogP contribution in [0.5, 0.6) is 0 Å². The van der Waals surface area contributed by atoms with Crippen molar-refractivity contribution in [3.05, 3.63) is 35.9 Å². The number of nitrogens with zero attached hydrogens (tertiary/aromatic N) is 1. The molecule has 0 atom stereocenters. The second-order valence-corrected chi connectivity index (χ2v) is 5.64. The molecule has 3 nitrogen and oxygen atoms in total. The van der Waals surface area contributed by atoms with Gasteiger partial charge in [0.25, 0.3) is 0 Å². The number of hydrogen-bond donors (Lipinski definition) is 1. The normalized spacial score (nSPS) is 10.5. The van der Waals surface area contributed by atoms with Crippen molar-refractivity contribution in [2.75, 3.05) is 13.1 Å². The van der Waals surface area contributed by atoms with Crippen LogP contribution in [0.4, 0.5) is 0 Å². The van der Waals surface area contributed by atoms with Crippen LogP contribution in [0.2, 0.25) is 0 Å². The zero-order valence-corrected chi connectivity index (χ0v) is 12.5. The van der Waals surface area contributed by atoms with Gasteiger partial charge in [0.15, 0.2) is 0 Å². The molecule has 0 aromatic heterocycles. The van der Waals surface area contributed by atoms with Gasteiger partial charge in [0, 0.05) is 19.5 Å². The molecule has 0 heterocycles. The monoisotopic (exact) mass is 278 g/mol. The highest BCUT2D eigenvalue weighted by Crippen LogP contribution is 2.06. The van der Waals surface area contributed by atoms with E-state index in [2.05, 4.69) is 13.8 Å². The molecular formula is C15H22N2OS. The second kappa shape index (κ2) is 7.89. The molecule has 0 unspecified atom stereocenters. The molecule has 19 heavy (non-hydrogen) atoms. The first-order valence-electron chi connectivity index (χ1n) is 6.59. The highest BCUT2D eigenvalue weighted by molar-refractivity contribution is 7.80. The molecule has 0 saturated carbocycles. The minimum atomic E-state index is 0.135. The Morgan fingerprint density at radius 3 is 2.47 bits per heavy atom. The molecule has 0 aliphatic heterocycles. The number of rotatable bonds is 7. The quantitative estimate of drug-likeness (QED) is 0.779. The topological polar surface area (TPSA) is 46.3 Å². The average Bonchev–Trinajstić information content (AvgIpc) is 2.35. The summed E-state index contributed by atoms with van der Waals surface area (Å²) >= 11 is 4.88. The van der Waals surface area contributed by atoms with Gasteiger partial charge in [0.1, 0.15) is 0 Å². The van der Waals surface area contributed by atoms with E-state index in [0.717, 1.165) is 12.1 Å². The number of hydrogen-bond acceptors (Lipinski definition) is 2. The third-order valence-corrected chi connectivity index (χ3v) is 2.97. The fraction of sp³-hybridized carbons (Fsp3) is 0.467. The van der Waals surface area contributed by atoms with E-state index in [0.29, 0.717) is 30.3 Å². The molecule has 0 fully saturated rings. The van der Waals surface area contributed by atoms with E-state index in [1.165, 1.54) is 0 Å². The van der Waals surface area contributed by atoms with Gasteiger partial charge in [-0.05, 0) is 11.5 Å². The summed E-state index contributed by atoms with van der Waals surface area (Å²) in [7, 11) is 0. The number of thiocarbonyl (C=S) groups is 1. The maximum absolute atomic E-state index is 12.3. The summed E-state index contributed by atoms with van der Waals surface area (Å²) in [4.78, 5) is 14.6. The van der Waals surface area contributed by atoms with E-state index in [1.54, 1.807) is 0 Å². The number of amides is 1. The largest absolute Gasteiger partial charge is 0.393 e. The standard InChI is InChI=1S/C15H22N2OS/c1-12(2)11-17(9-8-14(16)19)15(18)10-13-6-4-3-5-7-13/h3-7,12H,8-11H2,1-2H3,(H2,16,19). The van der Waals surface area contributed by atoms with Gasteiger partial charge in [-0.25, -0.2) is 0 Å². The van der Waals surface area contributed by atoms with Gasteiger partial charge in [0.05, 0.1) is 11.4 Å². The van der Waals surface area contributed by atoms with Crippen molar-refractivity contribution in [3.8, 4) is 0 Å². The van der Waals surface area contributed by atoms with Crippen molar-refractivity contribution in [2.45, 2.75) is 26.7 Å². The lowest BCUT2D eigenvalue weighted by Gasteiger charge is -2.24.